The number of carboxylic acid groups (broad SMARTS) is 1. The van der Waals surface area contributed by atoms with E-state index in [-0.39, 0.29) is 11.7 Å². The van der Waals surface area contributed by atoms with Crippen molar-refractivity contribution in [2.75, 3.05) is 0 Å². The van der Waals surface area contributed by atoms with E-state index in [1.807, 2.05) is 6.07 Å². The first-order valence-corrected chi connectivity index (χ1v) is 8.69. The van der Waals surface area contributed by atoms with E-state index >= 15 is 0 Å². The third kappa shape index (κ3) is 3.34. The molecule has 26 heavy (non-hydrogen) atoms. The first-order chi connectivity index (χ1) is 12.2. The van der Waals surface area contributed by atoms with Gasteiger partial charge >= 0.3 is 5.97 Å². The molecule has 0 aliphatic heterocycles. The molecule has 0 atom stereocenters. The van der Waals surface area contributed by atoms with Crippen molar-refractivity contribution in [2.24, 2.45) is 5.41 Å². The molecular weight excluding hydrogens is 331 g/mol. The molecule has 0 amide bonds. The van der Waals surface area contributed by atoms with Gasteiger partial charge in [0.05, 0.1) is 22.8 Å². The molecule has 0 spiro atoms. The Kier molecular flexibility index (Phi) is 4.57. The minimum absolute atomic E-state index is 0.246. The van der Waals surface area contributed by atoms with Crippen LogP contribution in [-0.4, -0.2) is 20.9 Å². The maximum atomic E-state index is 13.2. The van der Waals surface area contributed by atoms with Crippen molar-refractivity contribution >= 4 is 16.9 Å². The minimum atomic E-state index is -0.843. The van der Waals surface area contributed by atoms with E-state index in [2.05, 4.69) is 25.0 Å². The first-order valence-electron chi connectivity index (χ1n) is 8.69. The predicted molar refractivity (Wildman–Crippen MR) is 100 cm³/mol. The van der Waals surface area contributed by atoms with Crippen molar-refractivity contribution in [3.05, 3.63) is 59.5 Å². The summed E-state index contributed by atoms with van der Waals surface area (Å²) in [5.74, 6) is -0.851. The molecular formula is C21H23FN2O2. The van der Waals surface area contributed by atoms with Crippen molar-refractivity contribution in [3.8, 4) is 5.69 Å². The Bertz CT molecular complexity index is 956. The van der Waals surface area contributed by atoms with E-state index in [9.17, 15) is 14.3 Å². The smallest absolute Gasteiger partial charge is 0.309 e. The Balaban J connectivity index is 2.13. The Hall–Kier alpha value is -2.69. The lowest BCUT2D eigenvalue weighted by atomic mass is 9.82. The predicted octanol–water partition coefficient (Wildman–Crippen LogP) is 4.94. The van der Waals surface area contributed by atoms with Crippen LogP contribution in [0.4, 0.5) is 4.39 Å². The number of carboxylic acids is 1. The highest BCUT2D eigenvalue weighted by atomic mass is 19.1. The summed E-state index contributed by atoms with van der Waals surface area (Å²) in [5.41, 5.74) is 3.01. The summed E-state index contributed by atoms with van der Waals surface area (Å²) >= 11 is 0. The highest BCUT2D eigenvalue weighted by Gasteiger charge is 2.29. The quantitative estimate of drug-likeness (QED) is 0.706. The molecule has 0 saturated heterocycles. The Morgan fingerprint density at radius 3 is 2.46 bits per heavy atom. The summed E-state index contributed by atoms with van der Waals surface area (Å²) in [4.78, 5) is 11.5. The lowest BCUT2D eigenvalue weighted by Gasteiger charge is -2.22. The zero-order valence-corrected chi connectivity index (χ0v) is 15.5. The average molecular weight is 354 g/mol. The highest BCUT2D eigenvalue weighted by molar-refractivity contribution is 5.83. The van der Waals surface area contributed by atoms with Crippen LogP contribution in [0.15, 0.2) is 42.6 Å². The third-order valence-corrected chi connectivity index (χ3v) is 4.73. The SMILES string of the molecule is CC(C)c1cc2c(cnn2-c2ccc(F)cc2)cc1CC(C)(C)C(=O)O. The Morgan fingerprint density at radius 1 is 1.23 bits per heavy atom. The summed E-state index contributed by atoms with van der Waals surface area (Å²) in [6.07, 6.45) is 2.22. The van der Waals surface area contributed by atoms with Gasteiger partial charge in [-0.3, -0.25) is 4.79 Å². The van der Waals surface area contributed by atoms with Crippen LogP contribution < -0.4 is 0 Å². The summed E-state index contributed by atoms with van der Waals surface area (Å²) in [6, 6.07) is 10.3. The molecule has 1 aromatic heterocycles. The maximum Gasteiger partial charge on any atom is 0.309 e. The fourth-order valence-electron chi connectivity index (χ4n) is 3.17. The number of carbonyl (C=O) groups is 1. The number of aliphatic carboxylic acids is 1. The number of nitrogens with zero attached hydrogens (tertiary/aromatic N) is 2. The minimum Gasteiger partial charge on any atom is -0.481 e. The second kappa shape index (κ2) is 6.56. The summed E-state index contributed by atoms with van der Waals surface area (Å²) < 4.78 is 15.0. The lowest BCUT2D eigenvalue weighted by Crippen LogP contribution is -2.26. The number of hydrogen-bond acceptors (Lipinski definition) is 2. The molecule has 1 heterocycles. The van der Waals surface area contributed by atoms with Crippen molar-refractivity contribution in [1.82, 2.24) is 9.78 Å². The molecule has 0 radical (unpaired) electrons. The van der Waals surface area contributed by atoms with Crippen molar-refractivity contribution in [1.29, 1.82) is 0 Å². The van der Waals surface area contributed by atoms with Gasteiger partial charge in [-0.05, 0) is 73.7 Å². The molecule has 0 fully saturated rings. The van der Waals surface area contributed by atoms with E-state index in [1.165, 1.54) is 12.1 Å². The van der Waals surface area contributed by atoms with Crippen molar-refractivity contribution in [3.63, 3.8) is 0 Å². The normalized spacial score (nSPS) is 12.1. The Labute approximate surface area is 152 Å². The Morgan fingerprint density at radius 2 is 1.88 bits per heavy atom. The fourth-order valence-corrected chi connectivity index (χ4v) is 3.17. The largest absolute Gasteiger partial charge is 0.481 e. The number of fused-ring (bicyclic) bond motifs is 1. The summed E-state index contributed by atoms with van der Waals surface area (Å²) in [5, 5.41) is 14.9. The van der Waals surface area contributed by atoms with Gasteiger partial charge in [-0.2, -0.15) is 5.10 Å². The van der Waals surface area contributed by atoms with Crippen molar-refractivity contribution < 1.29 is 14.3 Å². The van der Waals surface area contributed by atoms with E-state index in [0.29, 0.717) is 6.42 Å². The van der Waals surface area contributed by atoms with Gasteiger partial charge in [-0.15, -0.1) is 0 Å². The van der Waals surface area contributed by atoms with Crippen LogP contribution in [0.2, 0.25) is 0 Å². The van der Waals surface area contributed by atoms with E-state index in [1.54, 1.807) is 36.9 Å². The topological polar surface area (TPSA) is 55.1 Å². The maximum absolute atomic E-state index is 13.2. The molecule has 3 rings (SSSR count). The fraction of sp³-hybridized carbons (Fsp3) is 0.333. The molecule has 0 aliphatic carbocycles. The van der Waals surface area contributed by atoms with Gasteiger partial charge in [0, 0.05) is 5.39 Å². The van der Waals surface area contributed by atoms with Crippen LogP contribution in [0.5, 0.6) is 0 Å². The van der Waals surface area contributed by atoms with Crippen LogP contribution >= 0.6 is 0 Å². The van der Waals surface area contributed by atoms with Crippen LogP contribution in [0.25, 0.3) is 16.6 Å². The number of rotatable bonds is 5. The molecule has 136 valence electrons. The van der Waals surface area contributed by atoms with Gasteiger partial charge in [0.15, 0.2) is 0 Å². The van der Waals surface area contributed by atoms with Crippen LogP contribution in [-0.2, 0) is 11.2 Å². The summed E-state index contributed by atoms with van der Waals surface area (Å²) in [7, 11) is 0. The monoisotopic (exact) mass is 354 g/mol. The van der Waals surface area contributed by atoms with Gasteiger partial charge in [-0.25, -0.2) is 9.07 Å². The number of aromatic nitrogens is 2. The van der Waals surface area contributed by atoms with Crippen LogP contribution in [0.1, 0.15) is 44.7 Å². The molecule has 1 N–H and O–H groups in total. The lowest BCUT2D eigenvalue weighted by molar-refractivity contribution is -0.146. The highest BCUT2D eigenvalue weighted by Crippen LogP contribution is 2.32. The number of benzene rings is 2. The van der Waals surface area contributed by atoms with Gasteiger partial charge in [0.25, 0.3) is 0 Å². The molecule has 0 bridgehead atoms. The van der Waals surface area contributed by atoms with Gasteiger partial charge in [0.2, 0.25) is 0 Å². The zero-order valence-electron chi connectivity index (χ0n) is 15.5. The van der Waals surface area contributed by atoms with E-state index in [4.69, 9.17) is 0 Å². The molecule has 5 heteroatoms. The number of hydrogen-bond donors (Lipinski definition) is 1. The zero-order chi connectivity index (χ0) is 19.1. The van der Waals surface area contributed by atoms with E-state index < -0.39 is 11.4 Å². The molecule has 0 aliphatic rings. The molecule has 3 aromatic rings. The molecule has 4 nitrogen and oxygen atoms in total. The van der Waals surface area contributed by atoms with Crippen molar-refractivity contribution in [2.45, 2.75) is 40.0 Å². The number of halogens is 1. The van der Waals surface area contributed by atoms with Crippen LogP contribution in [0.3, 0.4) is 0 Å². The third-order valence-electron chi connectivity index (χ3n) is 4.73. The average Bonchev–Trinajstić information content (AvgIpc) is 2.97. The second-order valence-corrected chi connectivity index (χ2v) is 7.66. The van der Waals surface area contributed by atoms with E-state index in [0.717, 1.165) is 27.7 Å². The molecule has 0 saturated carbocycles. The summed E-state index contributed by atoms with van der Waals surface area (Å²) in [6.45, 7) is 7.67. The second-order valence-electron chi connectivity index (χ2n) is 7.66. The molecule has 0 unspecified atom stereocenters. The molecule has 2 aromatic carbocycles. The van der Waals surface area contributed by atoms with Gasteiger partial charge < -0.3 is 5.11 Å². The van der Waals surface area contributed by atoms with Gasteiger partial charge in [0.1, 0.15) is 5.82 Å². The standard InChI is InChI=1S/C21H23FN2O2/c1-13(2)18-10-19-15(9-14(18)11-21(3,4)20(25)26)12-23-24(19)17-7-5-16(22)6-8-17/h5-10,12-13H,11H2,1-4H3,(H,25,26). The first kappa shape index (κ1) is 18.1. The van der Waals surface area contributed by atoms with Crippen LogP contribution in [0, 0.1) is 11.2 Å². The van der Waals surface area contributed by atoms with Gasteiger partial charge in [-0.1, -0.05) is 13.8 Å².